The minimum absolute atomic E-state index is 0.0758. The van der Waals surface area contributed by atoms with Gasteiger partial charge in [-0.1, -0.05) is 156 Å². The number of phosphoric ester groups is 1. The number of carbonyl (C=O) groups is 1. The van der Waals surface area contributed by atoms with Crippen LogP contribution in [0.5, 0.6) is 0 Å². The molecule has 338 valence electrons. The monoisotopic (exact) mass is 845 g/mol. The largest absolute Gasteiger partial charge is 0.472 e. The van der Waals surface area contributed by atoms with E-state index in [1.807, 2.05) is 21.1 Å². The lowest BCUT2D eigenvalue weighted by molar-refractivity contribution is -0.870. The highest BCUT2D eigenvalue weighted by atomic mass is 31.2. The van der Waals surface area contributed by atoms with Gasteiger partial charge in [-0.3, -0.25) is 13.8 Å². The van der Waals surface area contributed by atoms with Crippen LogP contribution in [0.15, 0.2) is 97.2 Å². The molecular weight excluding hydrogens is 758 g/mol. The molecule has 0 heterocycles. The molecule has 0 aliphatic carbocycles. The van der Waals surface area contributed by atoms with Crippen LogP contribution < -0.4 is 0 Å². The van der Waals surface area contributed by atoms with Gasteiger partial charge in [0.1, 0.15) is 19.3 Å². The third-order valence-electron chi connectivity index (χ3n) is 9.14. The van der Waals surface area contributed by atoms with Crippen molar-refractivity contribution in [3.8, 4) is 0 Å². The fraction of sp³-hybridized carbons (Fsp3) is 0.660. The number of allylic oxidation sites excluding steroid dienone is 16. The third kappa shape index (κ3) is 46.3. The topological polar surface area (TPSA) is 91.3 Å². The molecule has 0 fully saturated rings. The van der Waals surface area contributed by atoms with E-state index in [0.717, 1.165) is 116 Å². The lowest BCUT2D eigenvalue weighted by atomic mass is 10.1. The van der Waals surface area contributed by atoms with Crippen molar-refractivity contribution in [3.05, 3.63) is 97.2 Å². The molecule has 0 bridgehead atoms. The Hall–Kier alpha value is -2.58. The number of phosphoric acid groups is 1. The maximum absolute atomic E-state index is 12.7. The van der Waals surface area contributed by atoms with Gasteiger partial charge < -0.3 is 18.9 Å². The number of rotatable bonds is 41. The Bertz CT molecular complexity index is 1260. The van der Waals surface area contributed by atoms with Crippen LogP contribution >= 0.6 is 7.82 Å². The Morgan fingerprint density at radius 1 is 0.525 bits per heavy atom. The van der Waals surface area contributed by atoms with E-state index in [1.54, 1.807) is 0 Å². The van der Waals surface area contributed by atoms with Gasteiger partial charge in [0.2, 0.25) is 0 Å². The van der Waals surface area contributed by atoms with E-state index in [0.29, 0.717) is 24.1 Å². The third-order valence-corrected chi connectivity index (χ3v) is 10.1. The summed E-state index contributed by atoms with van der Waals surface area (Å²) in [4.78, 5) is 22.9. The minimum Gasteiger partial charge on any atom is -0.457 e. The summed E-state index contributed by atoms with van der Waals surface area (Å²) < 4.78 is 35.0. The summed E-state index contributed by atoms with van der Waals surface area (Å²) >= 11 is 0. The van der Waals surface area contributed by atoms with E-state index < -0.39 is 13.9 Å². The fourth-order valence-corrected chi connectivity index (χ4v) is 6.39. The van der Waals surface area contributed by atoms with Crippen molar-refractivity contribution in [2.45, 2.75) is 161 Å². The van der Waals surface area contributed by atoms with Crippen molar-refractivity contribution in [1.29, 1.82) is 0 Å². The summed E-state index contributed by atoms with van der Waals surface area (Å²) in [5, 5.41) is 0. The fourth-order valence-electron chi connectivity index (χ4n) is 5.65. The van der Waals surface area contributed by atoms with E-state index in [-0.39, 0.29) is 25.8 Å². The number of carbonyl (C=O) groups excluding carboxylic acids is 1. The molecule has 0 saturated carbocycles. The SMILES string of the molecule is CC/C=C\C/C=C\C/C=C\C/C=C\C/C=C\CCCCCCCCOCC(COP(=O)(O)OCC[N+](C)(C)C)OC(=O)CCCCCCC/C=C\C/C=C\C/C=C\CC. The van der Waals surface area contributed by atoms with E-state index in [1.165, 1.54) is 19.3 Å². The van der Waals surface area contributed by atoms with Crippen LogP contribution in [0.25, 0.3) is 0 Å². The van der Waals surface area contributed by atoms with E-state index in [2.05, 4.69) is 111 Å². The molecule has 0 aliphatic rings. The molecule has 0 rings (SSSR count). The van der Waals surface area contributed by atoms with Crippen molar-refractivity contribution in [3.63, 3.8) is 0 Å². The molecule has 0 spiro atoms. The Morgan fingerprint density at radius 3 is 1.39 bits per heavy atom. The van der Waals surface area contributed by atoms with Gasteiger partial charge >= 0.3 is 13.8 Å². The highest BCUT2D eigenvalue weighted by Gasteiger charge is 2.26. The van der Waals surface area contributed by atoms with Gasteiger partial charge in [0.15, 0.2) is 0 Å². The maximum Gasteiger partial charge on any atom is 0.472 e. The van der Waals surface area contributed by atoms with Crippen LogP contribution in [-0.2, 0) is 27.9 Å². The van der Waals surface area contributed by atoms with Crippen LogP contribution in [0, 0.1) is 0 Å². The summed E-state index contributed by atoms with van der Waals surface area (Å²) in [7, 11) is 1.63. The highest BCUT2D eigenvalue weighted by Crippen LogP contribution is 2.43. The Balaban J connectivity index is 4.28. The van der Waals surface area contributed by atoms with Crippen LogP contribution in [0.1, 0.15) is 155 Å². The molecule has 0 aromatic carbocycles. The second kappa shape index (κ2) is 42.1. The first-order valence-electron chi connectivity index (χ1n) is 23.0. The van der Waals surface area contributed by atoms with Crippen molar-refractivity contribution in [2.24, 2.45) is 0 Å². The molecule has 9 heteroatoms. The second-order valence-electron chi connectivity index (χ2n) is 16.0. The number of ether oxygens (including phenoxy) is 2. The van der Waals surface area contributed by atoms with Crippen LogP contribution in [0.3, 0.4) is 0 Å². The van der Waals surface area contributed by atoms with Crippen LogP contribution in [0.2, 0.25) is 0 Å². The predicted molar refractivity (Wildman–Crippen MR) is 251 cm³/mol. The lowest BCUT2D eigenvalue weighted by Crippen LogP contribution is -2.37. The molecule has 59 heavy (non-hydrogen) atoms. The average molecular weight is 845 g/mol. The molecular formula is C50H87NO7P+. The minimum atomic E-state index is -4.29. The smallest absolute Gasteiger partial charge is 0.457 e. The number of nitrogens with zero attached hydrogens (tertiary/aromatic N) is 1. The van der Waals surface area contributed by atoms with E-state index >= 15 is 0 Å². The number of esters is 1. The number of likely N-dealkylation sites (N-methyl/N-ethyl adjacent to an activating group) is 1. The predicted octanol–water partition coefficient (Wildman–Crippen LogP) is 13.8. The zero-order valence-electron chi connectivity index (χ0n) is 38.2. The molecule has 0 aromatic rings. The molecule has 0 aromatic heterocycles. The quantitative estimate of drug-likeness (QED) is 0.0215. The highest BCUT2D eigenvalue weighted by molar-refractivity contribution is 7.47. The van der Waals surface area contributed by atoms with Gasteiger partial charge in [0.05, 0.1) is 34.4 Å². The van der Waals surface area contributed by atoms with Gasteiger partial charge in [-0.05, 0) is 89.9 Å². The van der Waals surface area contributed by atoms with Gasteiger partial charge in [-0.2, -0.15) is 0 Å². The van der Waals surface area contributed by atoms with Crippen molar-refractivity contribution in [2.75, 3.05) is 54.1 Å². The summed E-state index contributed by atoms with van der Waals surface area (Å²) in [6.07, 6.45) is 57.3. The van der Waals surface area contributed by atoms with Gasteiger partial charge in [0.25, 0.3) is 0 Å². The molecule has 2 atom stereocenters. The molecule has 0 aliphatic heterocycles. The first-order chi connectivity index (χ1) is 28.6. The molecule has 0 radical (unpaired) electrons. The standard InChI is InChI=1S/C50H86NO7P/c1-6-8-10-12-14-16-18-20-22-23-24-25-26-27-28-30-32-34-36-38-40-42-45-55-47-49(48-57-59(53,54)56-46-44-51(3,4)5)58-50(52)43-41-39-37-35-33-31-29-21-19-17-15-13-11-9-7-2/h8-11,14-17,20-22,24-25,27-29,49H,6-7,12-13,18-19,23,26,30-48H2,1-5H3/p+1/b10-8-,11-9-,16-14-,17-15-,22-20-,25-24-,28-27-,29-21-. The Kier molecular flexibility index (Phi) is 40.3. The zero-order chi connectivity index (χ0) is 43.4. The van der Waals surface area contributed by atoms with E-state index in [4.69, 9.17) is 18.5 Å². The molecule has 2 unspecified atom stereocenters. The lowest BCUT2D eigenvalue weighted by Gasteiger charge is -2.24. The summed E-state index contributed by atoms with van der Waals surface area (Å²) in [5.41, 5.74) is 0. The summed E-state index contributed by atoms with van der Waals surface area (Å²) in [6, 6.07) is 0. The van der Waals surface area contributed by atoms with Gasteiger partial charge in [0, 0.05) is 13.0 Å². The number of hydrogen-bond donors (Lipinski definition) is 1. The normalized spacial score (nSPS) is 14.6. The van der Waals surface area contributed by atoms with Crippen LogP contribution in [-0.4, -0.2) is 75.6 Å². The number of hydrogen-bond acceptors (Lipinski definition) is 6. The zero-order valence-corrected chi connectivity index (χ0v) is 39.1. The number of unbranched alkanes of at least 4 members (excludes halogenated alkanes) is 11. The first kappa shape index (κ1) is 56.4. The molecule has 8 nitrogen and oxygen atoms in total. The van der Waals surface area contributed by atoms with E-state index in [9.17, 15) is 14.3 Å². The first-order valence-corrected chi connectivity index (χ1v) is 24.5. The average Bonchev–Trinajstić information content (AvgIpc) is 3.19. The van der Waals surface area contributed by atoms with Gasteiger partial charge in [-0.25, -0.2) is 4.57 Å². The maximum atomic E-state index is 12.7. The molecule has 0 amide bonds. The summed E-state index contributed by atoms with van der Waals surface area (Å²) in [6.45, 7) is 5.31. The Morgan fingerprint density at radius 2 is 0.932 bits per heavy atom. The molecule has 0 saturated heterocycles. The van der Waals surface area contributed by atoms with Crippen molar-refractivity contribution < 1.29 is 37.3 Å². The number of quaternary nitrogens is 1. The van der Waals surface area contributed by atoms with Gasteiger partial charge in [-0.15, -0.1) is 0 Å². The van der Waals surface area contributed by atoms with Crippen LogP contribution in [0.4, 0.5) is 0 Å². The Labute approximate surface area is 362 Å². The summed E-state index contributed by atoms with van der Waals surface area (Å²) in [5.74, 6) is -0.341. The van der Waals surface area contributed by atoms with Crippen molar-refractivity contribution in [1.82, 2.24) is 0 Å². The molecule has 1 N–H and O–H groups in total. The second-order valence-corrected chi connectivity index (χ2v) is 17.5. The van der Waals surface area contributed by atoms with Crippen molar-refractivity contribution >= 4 is 13.8 Å².